The molecule has 5 nitrogen and oxygen atoms in total. The fourth-order valence-electron chi connectivity index (χ4n) is 2.09. The van der Waals surface area contributed by atoms with Crippen LogP contribution in [-0.4, -0.2) is 38.1 Å². The van der Waals surface area contributed by atoms with E-state index in [4.69, 9.17) is 19.9 Å². The van der Waals surface area contributed by atoms with Gasteiger partial charge in [0.05, 0.1) is 25.9 Å². The molecule has 0 aromatic heterocycles. The van der Waals surface area contributed by atoms with Crippen LogP contribution in [0, 0.1) is 0 Å². The fraction of sp³-hybridized carbons (Fsp3) is 0.571. The maximum atomic E-state index is 10.2. The third-order valence-electron chi connectivity index (χ3n) is 3.06. The fourth-order valence-corrected chi connectivity index (χ4v) is 2.09. The highest BCUT2D eigenvalue weighted by Crippen LogP contribution is 2.33. The molecule has 0 bridgehead atoms. The minimum absolute atomic E-state index is 0.184. The van der Waals surface area contributed by atoms with Crippen molar-refractivity contribution in [2.75, 3.05) is 26.9 Å². The minimum atomic E-state index is -0.623. The molecule has 2 unspecified atom stereocenters. The standard InChI is InChI=1S/C14H21NO4/c1-17-9-11(15)8-12(16)10-3-4-13-14(7-10)19-6-2-5-18-13/h3-4,7,11-12,16H,2,5-6,8-9,15H2,1H3. The molecule has 0 amide bonds. The Morgan fingerprint density at radius 2 is 2.05 bits per heavy atom. The highest BCUT2D eigenvalue weighted by molar-refractivity contribution is 5.44. The van der Waals surface area contributed by atoms with Crippen molar-refractivity contribution in [1.82, 2.24) is 0 Å². The molecule has 1 aliphatic heterocycles. The van der Waals surface area contributed by atoms with E-state index in [2.05, 4.69) is 0 Å². The predicted octanol–water partition coefficient (Wildman–Crippen LogP) is 1.25. The van der Waals surface area contributed by atoms with E-state index in [1.54, 1.807) is 7.11 Å². The van der Waals surface area contributed by atoms with Crippen LogP contribution in [0.3, 0.4) is 0 Å². The summed E-state index contributed by atoms with van der Waals surface area (Å²) < 4.78 is 16.1. The van der Waals surface area contributed by atoms with Gasteiger partial charge in [-0.15, -0.1) is 0 Å². The smallest absolute Gasteiger partial charge is 0.161 e. The molecule has 1 aromatic rings. The topological polar surface area (TPSA) is 73.9 Å². The second kappa shape index (κ2) is 6.75. The van der Waals surface area contributed by atoms with Crippen molar-refractivity contribution in [3.63, 3.8) is 0 Å². The van der Waals surface area contributed by atoms with Crippen LogP contribution in [0.2, 0.25) is 0 Å². The first-order valence-electron chi connectivity index (χ1n) is 6.53. The lowest BCUT2D eigenvalue weighted by atomic mass is 10.0. The van der Waals surface area contributed by atoms with E-state index in [0.717, 1.165) is 17.7 Å². The SMILES string of the molecule is COCC(N)CC(O)c1ccc2c(c1)OCCCO2. The van der Waals surface area contributed by atoms with Crippen molar-refractivity contribution in [3.8, 4) is 11.5 Å². The number of fused-ring (bicyclic) bond motifs is 1. The zero-order valence-corrected chi connectivity index (χ0v) is 11.2. The van der Waals surface area contributed by atoms with Crippen molar-refractivity contribution < 1.29 is 19.3 Å². The maximum absolute atomic E-state index is 10.2. The van der Waals surface area contributed by atoms with E-state index in [1.165, 1.54) is 0 Å². The average Bonchev–Trinajstić information content (AvgIpc) is 2.63. The highest BCUT2D eigenvalue weighted by atomic mass is 16.5. The molecule has 0 aliphatic carbocycles. The van der Waals surface area contributed by atoms with Gasteiger partial charge in [0.15, 0.2) is 11.5 Å². The number of rotatable bonds is 5. The molecule has 2 atom stereocenters. The van der Waals surface area contributed by atoms with Gasteiger partial charge in [0.2, 0.25) is 0 Å². The zero-order chi connectivity index (χ0) is 13.7. The van der Waals surface area contributed by atoms with Gasteiger partial charge in [-0.3, -0.25) is 0 Å². The third-order valence-corrected chi connectivity index (χ3v) is 3.06. The molecule has 0 fully saturated rings. The number of hydrogen-bond acceptors (Lipinski definition) is 5. The summed E-state index contributed by atoms with van der Waals surface area (Å²) in [6.07, 6.45) is 0.695. The summed E-state index contributed by atoms with van der Waals surface area (Å²) in [5.41, 5.74) is 6.63. The van der Waals surface area contributed by atoms with Crippen LogP contribution in [0.15, 0.2) is 18.2 Å². The van der Waals surface area contributed by atoms with Crippen molar-refractivity contribution in [2.24, 2.45) is 5.73 Å². The molecular formula is C14H21NO4. The molecule has 0 spiro atoms. The van der Waals surface area contributed by atoms with Crippen LogP contribution in [0.25, 0.3) is 0 Å². The van der Waals surface area contributed by atoms with Gasteiger partial charge in [-0.2, -0.15) is 0 Å². The summed E-state index contributed by atoms with van der Waals surface area (Å²) in [5, 5.41) is 10.2. The van der Waals surface area contributed by atoms with Crippen LogP contribution >= 0.6 is 0 Å². The minimum Gasteiger partial charge on any atom is -0.490 e. The van der Waals surface area contributed by atoms with Crippen LogP contribution < -0.4 is 15.2 Å². The quantitative estimate of drug-likeness (QED) is 0.839. The van der Waals surface area contributed by atoms with E-state index in [1.807, 2.05) is 18.2 Å². The highest BCUT2D eigenvalue weighted by Gasteiger charge is 2.16. The molecule has 0 saturated carbocycles. The van der Waals surface area contributed by atoms with Gasteiger partial charge in [0.1, 0.15) is 0 Å². The average molecular weight is 267 g/mol. The first-order valence-corrected chi connectivity index (χ1v) is 6.53. The van der Waals surface area contributed by atoms with Gasteiger partial charge in [-0.05, 0) is 24.1 Å². The van der Waals surface area contributed by atoms with E-state index >= 15 is 0 Å². The Morgan fingerprint density at radius 1 is 1.32 bits per heavy atom. The van der Waals surface area contributed by atoms with Gasteiger partial charge in [-0.25, -0.2) is 0 Å². The third kappa shape index (κ3) is 3.83. The molecular weight excluding hydrogens is 246 g/mol. The van der Waals surface area contributed by atoms with Crippen molar-refractivity contribution >= 4 is 0 Å². The van der Waals surface area contributed by atoms with Gasteiger partial charge in [-0.1, -0.05) is 6.07 Å². The van der Waals surface area contributed by atoms with Crippen LogP contribution in [0.4, 0.5) is 0 Å². The summed E-state index contributed by atoms with van der Waals surface area (Å²) >= 11 is 0. The Morgan fingerprint density at radius 3 is 2.79 bits per heavy atom. The Bertz CT molecular complexity index is 410. The van der Waals surface area contributed by atoms with Crippen LogP contribution in [0.5, 0.6) is 11.5 Å². The molecule has 0 radical (unpaired) electrons. The number of ether oxygens (including phenoxy) is 3. The lowest BCUT2D eigenvalue weighted by Gasteiger charge is -2.17. The van der Waals surface area contributed by atoms with Crippen molar-refractivity contribution in [1.29, 1.82) is 0 Å². The normalized spacial score (nSPS) is 17.6. The van der Waals surface area contributed by atoms with Gasteiger partial charge in [0.25, 0.3) is 0 Å². The second-order valence-electron chi connectivity index (χ2n) is 4.72. The second-order valence-corrected chi connectivity index (χ2v) is 4.72. The van der Waals surface area contributed by atoms with E-state index in [-0.39, 0.29) is 6.04 Å². The Balaban J connectivity index is 2.06. The summed E-state index contributed by atoms with van der Waals surface area (Å²) in [5.74, 6) is 1.42. The molecule has 19 heavy (non-hydrogen) atoms. The summed E-state index contributed by atoms with van der Waals surface area (Å²) in [6, 6.07) is 5.32. The number of nitrogens with two attached hydrogens (primary N) is 1. The molecule has 1 heterocycles. The molecule has 0 saturated heterocycles. The Kier molecular flexibility index (Phi) is 5.01. The van der Waals surface area contributed by atoms with E-state index in [0.29, 0.717) is 32.0 Å². The van der Waals surface area contributed by atoms with E-state index < -0.39 is 6.10 Å². The van der Waals surface area contributed by atoms with Crippen LogP contribution in [0.1, 0.15) is 24.5 Å². The molecule has 1 aromatic carbocycles. The monoisotopic (exact) mass is 267 g/mol. The Labute approximate surface area is 113 Å². The van der Waals surface area contributed by atoms with E-state index in [9.17, 15) is 5.11 Å². The van der Waals surface area contributed by atoms with Gasteiger partial charge >= 0.3 is 0 Å². The van der Waals surface area contributed by atoms with Crippen LogP contribution in [-0.2, 0) is 4.74 Å². The number of aliphatic hydroxyl groups is 1. The summed E-state index contributed by atoms with van der Waals surface area (Å²) in [4.78, 5) is 0. The van der Waals surface area contributed by atoms with Crippen molar-refractivity contribution in [2.45, 2.75) is 25.0 Å². The molecule has 106 valence electrons. The summed E-state index contributed by atoms with van der Waals surface area (Å²) in [6.45, 7) is 1.73. The zero-order valence-electron chi connectivity index (χ0n) is 11.2. The van der Waals surface area contributed by atoms with Gasteiger partial charge in [0, 0.05) is 19.6 Å². The summed E-state index contributed by atoms with van der Waals surface area (Å²) in [7, 11) is 1.60. The predicted molar refractivity (Wildman–Crippen MR) is 71.5 cm³/mol. The lowest BCUT2D eigenvalue weighted by molar-refractivity contribution is 0.122. The lowest BCUT2D eigenvalue weighted by Crippen LogP contribution is -2.27. The first kappa shape index (κ1) is 14.1. The number of methoxy groups -OCH3 is 1. The number of benzene rings is 1. The number of hydrogen-bond donors (Lipinski definition) is 2. The first-order chi connectivity index (χ1) is 9.20. The molecule has 5 heteroatoms. The molecule has 1 aliphatic rings. The maximum Gasteiger partial charge on any atom is 0.161 e. The van der Waals surface area contributed by atoms with Crippen molar-refractivity contribution in [3.05, 3.63) is 23.8 Å². The number of aliphatic hydroxyl groups excluding tert-OH is 1. The molecule has 3 N–H and O–H groups in total. The van der Waals surface area contributed by atoms with Gasteiger partial charge < -0.3 is 25.1 Å². The Hall–Kier alpha value is -1.30. The molecule has 2 rings (SSSR count). The largest absolute Gasteiger partial charge is 0.490 e.